The Bertz CT molecular complexity index is 4520. The second-order valence-electron chi connectivity index (χ2n) is 17.2. The fourth-order valence-electron chi connectivity index (χ4n) is 7.99. The molecule has 42 heteroatoms. The third-order valence-corrected chi connectivity index (χ3v) is 16.8. The van der Waals surface area contributed by atoms with Crippen LogP contribution in [0.5, 0.6) is 17.4 Å². The van der Waals surface area contributed by atoms with Gasteiger partial charge in [0, 0.05) is 52.8 Å². The number of pyridine rings is 1. The van der Waals surface area contributed by atoms with Gasteiger partial charge in [-0.15, -0.1) is 39.4 Å². The summed E-state index contributed by atoms with van der Waals surface area (Å²) in [5, 5.41) is 84.2. The van der Waals surface area contributed by atoms with Crippen molar-refractivity contribution >= 4 is 165 Å². The Morgan fingerprint density at radius 1 is 0.747 bits per heavy atom. The van der Waals surface area contributed by atoms with Crippen LogP contribution in [0.1, 0.15) is 24.0 Å². The lowest BCUT2D eigenvalue weighted by molar-refractivity contribution is -0.432. The number of hydrogen-bond donors (Lipinski definition) is 8. The normalized spacial score (nSPS) is 12.6. The highest BCUT2D eigenvalue weighted by atomic mass is 32.2. The average Bonchev–Trinajstić information content (AvgIpc) is 1.77. The van der Waals surface area contributed by atoms with Gasteiger partial charge in [-0.2, -0.15) is 43.3 Å². The molecule has 8 rings (SSSR count). The molecule has 3 aromatic heterocycles. The molecule has 5 aromatic carbocycles. The number of phenols is 1. The lowest BCUT2D eigenvalue weighted by Gasteiger charge is -2.26. The first kappa shape index (κ1) is 67.6. The van der Waals surface area contributed by atoms with Crippen LogP contribution in [0.15, 0.2) is 117 Å². The monoisotopic (exact) mass is 1360 g/mol. The van der Waals surface area contributed by atoms with Crippen molar-refractivity contribution in [3.8, 4) is 23.4 Å². The molecule has 0 bridgehead atoms. The smallest absolute Gasteiger partial charge is 0.296 e. The number of methoxy groups -OCH3 is 1. The molecule has 0 amide bonds. The number of aromatic nitrogens is 3. The maximum atomic E-state index is 13.0. The van der Waals surface area contributed by atoms with Gasteiger partial charge in [-0.25, -0.2) is 25.4 Å². The Kier molecular flexibility index (Phi) is 22.5. The predicted molar refractivity (Wildman–Crippen MR) is 311 cm³/mol. The van der Waals surface area contributed by atoms with Crippen LogP contribution in [-0.2, 0) is 68.4 Å². The van der Waals surface area contributed by atoms with Crippen molar-refractivity contribution in [3.63, 3.8) is 0 Å². The Labute approximate surface area is 507 Å². The molecule has 0 aliphatic heterocycles. The molecule has 0 aliphatic rings. The van der Waals surface area contributed by atoms with Crippen LogP contribution >= 0.6 is 47.5 Å². The van der Waals surface area contributed by atoms with Gasteiger partial charge in [-0.1, -0.05) is 33.5 Å². The number of aromatic hydroxyl groups is 2. The van der Waals surface area contributed by atoms with Crippen LogP contribution in [0.3, 0.4) is 0 Å². The van der Waals surface area contributed by atoms with E-state index < -0.39 is 79.0 Å². The molecule has 0 radical (unpaired) electrons. The fourth-order valence-corrected chi connectivity index (χ4v) is 12.2. The van der Waals surface area contributed by atoms with Crippen molar-refractivity contribution in [1.82, 2.24) is 14.4 Å². The highest BCUT2D eigenvalue weighted by Crippen LogP contribution is 2.49. The summed E-state index contributed by atoms with van der Waals surface area (Å²) in [7, 11) is -15.7. The molecule has 0 saturated carbocycles. The van der Waals surface area contributed by atoms with Gasteiger partial charge < -0.3 is 19.8 Å². The van der Waals surface area contributed by atoms with Gasteiger partial charge in [-0.3, -0.25) is 22.6 Å². The van der Waals surface area contributed by atoms with E-state index in [1.54, 1.807) is 29.2 Å². The summed E-state index contributed by atoms with van der Waals surface area (Å²) in [6.45, 7) is 1.39. The molecule has 34 nitrogen and oxygen atoms in total. The number of anilines is 1. The maximum Gasteiger partial charge on any atom is 0.296 e. The summed E-state index contributed by atoms with van der Waals surface area (Å²) >= 11 is 2.49. The quantitative estimate of drug-likeness (QED) is 0.00623. The molecule has 0 saturated heterocycles. The molecule has 0 aliphatic carbocycles. The van der Waals surface area contributed by atoms with Gasteiger partial charge in [0.05, 0.1) is 76.6 Å². The number of imidazole rings is 1. The van der Waals surface area contributed by atoms with E-state index in [9.17, 15) is 68.1 Å². The van der Waals surface area contributed by atoms with Crippen LogP contribution in [0.4, 0.5) is 39.3 Å². The van der Waals surface area contributed by atoms with Crippen molar-refractivity contribution in [2.24, 2.45) is 30.7 Å². The minimum Gasteiger partial charge on any atom is -0.505 e. The number of hydrogen-bond acceptors (Lipinski definition) is 33. The molecule has 0 spiro atoms. The number of nitrogens with zero attached hydrogens (tertiary/aromatic N) is 11. The van der Waals surface area contributed by atoms with E-state index >= 15 is 0 Å². The summed E-state index contributed by atoms with van der Waals surface area (Å²) < 4.78 is 152. The molecular weight excluding hydrogens is 1320 g/mol. The van der Waals surface area contributed by atoms with E-state index in [2.05, 4.69) is 60.0 Å². The van der Waals surface area contributed by atoms with E-state index in [0.29, 0.717) is 41.4 Å². The SMILES string of the molecule is COOSc1cc(S(=O)(=O)O)c2nc(N=Nc3cc(N(CCCSOOO)CCCS(=O)(=O)O)c(N=Nc4c(SOOO)cc5cc(S(=O)(=O)O)c(N=Nc6c(C)c(C#N)c7nc8ccccc8n7c6O)cc5c4O)cc3OC)sc2c1.CS(=O)(=O)O. The number of phenolic OH excluding ortho intramolecular Hbond substituents is 1. The van der Waals surface area contributed by atoms with Gasteiger partial charge in [0.25, 0.3) is 40.5 Å². The second-order valence-corrected chi connectivity index (χ2v) is 26.3. The van der Waals surface area contributed by atoms with Crippen molar-refractivity contribution in [2.45, 2.75) is 39.3 Å². The zero-order chi connectivity index (χ0) is 63.6. The summed E-state index contributed by atoms with van der Waals surface area (Å²) in [5.41, 5.74) is -0.480. The van der Waals surface area contributed by atoms with Gasteiger partial charge in [0.2, 0.25) is 11.0 Å². The summed E-state index contributed by atoms with van der Waals surface area (Å²) in [6, 6.07) is 17.1. The van der Waals surface area contributed by atoms with Gasteiger partial charge in [0.1, 0.15) is 55.4 Å². The molecule has 0 fully saturated rings. The van der Waals surface area contributed by atoms with Crippen LogP contribution in [0.2, 0.25) is 0 Å². The molecule has 0 atom stereocenters. The zero-order valence-electron chi connectivity index (χ0n) is 44.5. The number of nitriles is 1. The van der Waals surface area contributed by atoms with Crippen LogP contribution in [-0.4, -0.2) is 132 Å². The number of rotatable bonds is 26. The third kappa shape index (κ3) is 17.2. The Morgan fingerprint density at radius 3 is 2.07 bits per heavy atom. The number of fused-ring (bicyclic) bond motifs is 5. The minimum absolute atomic E-state index is 0.00148. The highest BCUT2D eigenvalue weighted by Gasteiger charge is 2.26. The van der Waals surface area contributed by atoms with Crippen LogP contribution in [0.25, 0.3) is 37.7 Å². The Balaban J connectivity index is 0.00000207. The highest BCUT2D eigenvalue weighted by molar-refractivity contribution is 7.95. The molecule has 0 unspecified atom stereocenters. The van der Waals surface area contributed by atoms with E-state index in [1.165, 1.54) is 49.8 Å². The van der Waals surface area contributed by atoms with Crippen molar-refractivity contribution in [2.75, 3.05) is 50.0 Å². The maximum absolute atomic E-state index is 13.0. The van der Waals surface area contributed by atoms with Crippen molar-refractivity contribution in [1.29, 1.82) is 5.26 Å². The number of azo groups is 3. The molecule has 87 heavy (non-hydrogen) atoms. The molecular formula is C45H43N11O23S8. The molecule has 8 N–H and O–H groups in total. The first-order chi connectivity index (χ1) is 41.1. The third-order valence-electron chi connectivity index (χ3n) is 11.5. The Morgan fingerprint density at radius 2 is 1.41 bits per heavy atom. The van der Waals surface area contributed by atoms with Gasteiger partial charge >= 0.3 is 0 Å². The first-order valence-corrected chi connectivity index (χ1v) is 33.1. The topological polar surface area (TPSA) is 494 Å². The van der Waals surface area contributed by atoms with Crippen LogP contribution in [0, 0.1) is 18.3 Å². The van der Waals surface area contributed by atoms with Crippen molar-refractivity contribution < 1.29 is 105 Å². The summed E-state index contributed by atoms with van der Waals surface area (Å²) in [5.74, 6) is -1.85. The summed E-state index contributed by atoms with van der Waals surface area (Å²) in [6.07, 6.45) is 0.774. The predicted octanol–water partition coefficient (Wildman–Crippen LogP) is 10.7. The number of ether oxygens (including phenoxy) is 1. The zero-order valence-corrected chi connectivity index (χ0v) is 51.0. The van der Waals surface area contributed by atoms with Gasteiger partial charge in [-0.05, 0) is 73.7 Å². The summed E-state index contributed by atoms with van der Waals surface area (Å²) in [4.78, 5) is 13.5. The minimum atomic E-state index is -5.16. The molecule has 3 heterocycles. The van der Waals surface area contributed by atoms with E-state index in [-0.39, 0.29) is 125 Å². The van der Waals surface area contributed by atoms with E-state index in [4.69, 9.17) is 23.2 Å². The number of thiazole rings is 1. The Hall–Kier alpha value is -6.94. The van der Waals surface area contributed by atoms with Crippen molar-refractivity contribution in [3.05, 3.63) is 77.9 Å². The lowest BCUT2D eigenvalue weighted by atomic mass is 10.1. The standard InChI is InChI=1S/C44H39N11O20S7.CH4O3S/c1-22-26(21-45)42-46-27-8-4-5-9-31(27)55(42)43(57)38(22)51-50-30-18-25-23(15-36(30)81(63,64)65)14-35(79-75-72-59)40(41(25)56)52-48-28-20-33(69-2)29(19-32(28)54(10-6-12-76-74-71-58)11-7-13-80(60,61)62)49-53-44-47-39-34(77-44)16-24(78-73-70-3)17-37(39)82(66,67)68;1-5(2,3)4/h4-5,8-9,14-20,56-59H,6-7,10-13H2,1-3H3,(H,60,61,62)(H,63,64,65)(H,66,67,68);1H3,(H,2,3,4). The second kappa shape index (κ2) is 28.9. The first-order valence-electron chi connectivity index (χ1n) is 23.6. The largest absolute Gasteiger partial charge is 0.505 e. The molecule has 464 valence electrons. The number of benzene rings is 5. The van der Waals surface area contributed by atoms with Crippen LogP contribution < -0.4 is 9.64 Å². The molecule has 8 aromatic rings. The van der Waals surface area contributed by atoms with E-state index in [1.807, 2.05) is 6.07 Å². The number of para-hydroxylation sites is 2. The van der Waals surface area contributed by atoms with E-state index in [0.717, 1.165) is 29.5 Å². The fraction of sp³-hybridized carbons (Fsp3) is 0.222. The average molecular weight is 1360 g/mol. The lowest BCUT2D eigenvalue weighted by Crippen LogP contribution is -2.27. The van der Waals surface area contributed by atoms with Gasteiger partial charge in [0.15, 0.2) is 17.1 Å².